The highest BCUT2D eigenvalue weighted by atomic mass is 32.2. The Balaban J connectivity index is 2.10. The molecule has 0 saturated heterocycles. The quantitative estimate of drug-likeness (QED) is 0.828. The fourth-order valence-corrected chi connectivity index (χ4v) is 4.88. The van der Waals surface area contributed by atoms with Gasteiger partial charge in [0.15, 0.2) is 0 Å². The number of hydrogen-bond donors (Lipinski definition) is 1. The Hall–Kier alpha value is -1.25. The minimum Gasteiger partial charge on any atom is -0.300 e. The van der Waals surface area contributed by atoms with Gasteiger partial charge in [-0.2, -0.15) is 0 Å². The molecule has 0 fully saturated rings. The van der Waals surface area contributed by atoms with Crippen LogP contribution in [0, 0.1) is 5.92 Å². The number of thioether (sulfide) groups is 1. The van der Waals surface area contributed by atoms with Crippen molar-refractivity contribution in [2.75, 3.05) is 5.75 Å². The number of fused-ring (bicyclic) bond motifs is 1. The topological polar surface area (TPSA) is 12.0 Å². The molecule has 22 heavy (non-hydrogen) atoms. The first kappa shape index (κ1) is 15.6. The van der Waals surface area contributed by atoms with Crippen molar-refractivity contribution in [2.24, 2.45) is 5.92 Å². The second kappa shape index (κ2) is 6.47. The molecule has 0 unspecified atom stereocenters. The summed E-state index contributed by atoms with van der Waals surface area (Å²) < 4.78 is 0. The summed E-state index contributed by atoms with van der Waals surface area (Å²) in [4.78, 5) is 1.42. The summed E-state index contributed by atoms with van der Waals surface area (Å²) in [7, 11) is 0. The summed E-state index contributed by atoms with van der Waals surface area (Å²) in [6.07, 6.45) is 1.15. The van der Waals surface area contributed by atoms with Crippen molar-refractivity contribution in [3.05, 3.63) is 65.7 Å². The van der Waals surface area contributed by atoms with E-state index in [0.717, 1.165) is 12.2 Å². The van der Waals surface area contributed by atoms with Crippen molar-refractivity contribution in [1.82, 2.24) is 5.32 Å². The van der Waals surface area contributed by atoms with E-state index in [4.69, 9.17) is 0 Å². The van der Waals surface area contributed by atoms with Gasteiger partial charge in [0.25, 0.3) is 0 Å². The van der Waals surface area contributed by atoms with Crippen LogP contribution in [0.1, 0.15) is 44.4 Å². The van der Waals surface area contributed by atoms with Crippen molar-refractivity contribution in [3.8, 4) is 0 Å². The van der Waals surface area contributed by atoms with Crippen LogP contribution in [-0.4, -0.2) is 11.3 Å². The molecule has 1 aliphatic heterocycles. The monoisotopic (exact) mass is 311 g/mol. The van der Waals surface area contributed by atoms with Crippen LogP contribution in [0.4, 0.5) is 0 Å². The highest BCUT2D eigenvalue weighted by Crippen LogP contribution is 2.41. The van der Waals surface area contributed by atoms with E-state index in [9.17, 15) is 0 Å². The molecule has 3 rings (SSSR count). The van der Waals surface area contributed by atoms with Crippen molar-refractivity contribution < 1.29 is 0 Å². The van der Waals surface area contributed by atoms with Gasteiger partial charge in [0.05, 0.1) is 6.04 Å². The Labute approximate surface area is 138 Å². The molecule has 0 spiro atoms. The molecule has 2 aromatic carbocycles. The molecule has 2 aromatic rings. The van der Waals surface area contributed by atoms with E-state index in [-0.39, 0.29) is 11.6 Å². The number of rotatable bonds is 3. The molecule has 2 atom stereocenters. The smallest absolute Gasteiger partial charge is 0.0592 e. The molecule has 1 N–H and O–H groups in total. The van der Waals surface area contributed by atoms with E-state index in [2.05, 4.69) is 80.7 Å². The van der Waals surface area contributed by atoms with E-state index in [1.54, 1.807) is 0 Å². The first-order chi connectivity index (χ1) is 10.7. The molecule has 0 aromatic heterocycles. The molecule has 1 nitrogen and oxygen atoms in total. The zero-order chi connectivity index (χ0) is 15.6. The standard InChI is InChI=1S/C20H25NS/c1-4-20(15(2)3)14-22-18-13-9-8-12-17(18)19(21-20)16-10-6-5-7-11-16/h5-13,15,19,21H,4,14H2,1-3H3/t19-,20+/m0/s1. The molecule has 1 aliphatic rings. The van der Waals surface area contributed by atoms with Crippen LogP contribution in [0.5, 0.6) is 0 Å². The van der Waals surface area contributed by atoms with Gasteiger partial charge in [-0.3, -0.25) is 5.32 Å². The molecule has 0 radical (unpaired) electrons. The van der Waals surface area contributed by atoms with E-state index in [1.165, 1.54) is 16.0 Å². The predicted molar refractivity (Wildman–Crippen MR) is 96.4 cm³/mol. The second-order valence-electron chi connectivity index (χ2n) is 6.48. The third kappa shape index (κ3) is 2.82. The summed E-state index contributed by atoms with van der Waals surface area (Å²) in [6, 6.07) is 20.0. The first-order valence-electron chi connectivity index (χ1n) is 8.20. The average Bonchev–Trinajstić information content (AvgIpc) is 2.74. The lowest BCUT2D eigenvalue weighted by molar-refractivity contribution is 0.242. The fraction of sp³-hybridized carbons (Fsp3) is 0.400. The fourth-order valence-electron chi connectivity index (χ4n) is 3.32. The third-order valence-corrected chi connectivity index (χ3v) is 6.36. The maximum atomic E-state index is 4.03. The highest BCUT2D eigenvalue weighted by Gasteiger charge is 2.37. The number of hydrogen-bond acceptors (Lipinski definition) is 2. The Morgan fingerprint density at radius 2 is 1.77 bits per heavy atom. The number of benzene rings is 2. The van der Waals surface area contributed by atoms with Gasteiger partial charge in [0, 0.05) is 16.2 Å². The maximum Gasteiger partial charge on any atom is 0.0592 e. The minimum absolute atomic E-state index is 0.171. The Bertz CT molecular complexity index is 623. The van der Waals surface area contributed by atoms with E-state index in [0.29, 0.717) is 5.92 Å². The Morgan fingerprint density at radius 1 is 1.09 bits per heavy atom. The average molecular weight is 311 g/mol. The van der Waals surface area contributed by atoms with Crippen LogP contribution in [0.2, 0.25) is 0 Å². The van der Waals surface area contributed by atoms with Gasteiger partial charge in [-0.1, -0.05) is 69.3 Å². The van der Waals surface area contributed by atoms with Crippen LogP contribution in [0.15, 0.2) is 59.5 Å². The first-order valence-corrected chi connectivity index (χ1v) is 9.19. The van der Waals surface area contributed by atoms with Crippen molar-refractivity contribution >= 4 is 11.8 Å². The van der Waals surface area contributed by atoms with Crippen molar-refractivity contribution in [1.29, 1.82) is 0 Å². The van der Waals surface area contributed by atoms with Gasteiger partial charge in [0.1, 0.15) is 0 Å². The van der Waals surface area contributed by atoms with Crippen LogP contribution < -0.4 is 5.32 Å². The predicted octanol–water partition coefficient (Wildman–Crippen LogP) is 5.28. The molecule has 0 bridgehead atoms. The Kier molecular flexibility index (Phi) is 4.60. The molecule has 0 saturated carbocycles. The molecule has 2 heteroatoms. The summed E-state index contributed by atoms with van der Waals surface area (Å²) in [5, 5.41) is 4.03. The van der Waals surface area contributed by atoms with Crippen LogP contribution >= 0.6 is 11.8 Å². The summed E-state index contributed by atoms with van der Waals surface area (Å²) in [5.74, 6) is 1.73. The third-order valence-electron chi connectivity index (χ3n) is 5.02. The molecular formula is C20H25NS. The molecule has 0 aliphatic carbocycles. The molecular weight excluding hydrogens is 286 g/mol. The lowest BCUT2D eigenvalue weighted by Crippen LogP contribution is -2.52. The number of nitrogens with one attached hydrogen (secondary N) is 1. The van der Waals surface area contributed by atoms with Gasteiger partial charge in [-0.25, -0.2) is 0 Å². The second-order valence-corrected chi connectivity index (χ2v) is 7.50. The molecule has 116 valence electrons. The van der Waals surface area contributed by atoms with Gasteiger partial charge >= 0.3 is 0 Å². The van der Waals surface area contributed by atoms with Gasteiger partial charge < -0.3 is 0 Å². The molecule has 1 heterocycles. The lowest BCUT2D eigenvalue weighted by Gasteiger charge is -2.39. The summed E-state index contributed by atoms with van der Waals surface area (Å²) in [5.41, 5.74) is 2.94. The zero-order valence-corrected chi connectivity index (χ0v) is 14.5. The summed E-state index contributed by atoms with van der Waals surface area (Å²) in [6.45, 7) is 7.00. The normalized spacial score (nSPS) is 24.8. The van der Waals surface area contributed by atoms with Crippen LogP contribution in [0.3, 0.4) is 0 Å². The van der Waals surface area contributed by atoms with Crippen LogP contribution in [0.25, 0.3) is 0 Å². The van der Waals surface area contributed by atoms with E-state index >= 15 is 0 Å². The van der Waals surface area contributed by atoms with Gasteiger partial charge in [0.2, 0.25) is 0 Å². The van der Waals surface area contributed by atoms with Gasteiger partial charge in [-0.15, -0.1) is 11.8 Å². The largest absolute Gasteiger partial charge is 0.300 e. The molecule has 0 amide bonds. The SMILES string of the molecule is CC[C@]1(C(C)C)CSc2ccccc2[C@H](c2ccccc2)N1. The van der Waals surface area contributed by atoms with Crippen molar-refractivity contribution in [3.63, 3.8) is 0 Å². The highest BCUT2D eigenvalue weighted by molar-refractivity contribution is 7.99. The van der Waals surface area contributed by atoms with Crippen LogP contribution in [-0.2, 0) is 0 Å². The maximum absolute atomic E-state index is 4.03. The van der Waals surface area contributed by atoms with Crippen molar-refractivity contribution in [2.45, 2.75) is 43.7 Å². The minimum atomic E-state index is 0.171. The van der Waals surface area contributed by atoms with E-state index < -0.39 is 0 Å². The zero-order valence-electron chi connectivity index (χ0n) is 13.7. The van der Waals surface area contributed by atoms with E-state index in [1.807, 2.05) is 11.8 Å². The Morgan fingerprint density at radius 3 is 2.45 bits per heavy atom. The lowest BCUT2D eigenvalue weighted by atomic mass is 9.83. The summed E-state index contributed by atoms with van der Waals surface area (Å²) >= 11 is 2.01. The van der Waals surface area contributed by atoms with Gasteiger partial charge in [-0.05, 0) is 29.5 Å².